The van der Waals surface area contributed by atoms with Crippen LogP contribution in [-0.2, 0) is 0 Å². The van der Waals surface area contributed by atoms with E-state index >= 15 is 0 Å². The SMILES string of the molecule is COc1cccc(-c2[nH]n3c(=O)cc(-c4ccncc4)nc3c2C)c1. The van der Waals surface area contributed by atoms with Gasteiger partial charge in [0.05, 0.1) is 18.5 Å². The van der Waals surface area contributed by atoms with Crippen LogP contribution in [0.25, 0.3) is 28.2 Å². The van der Waals surface area contributed by atoms with Gasteiger partial charge in [-0.25, -0.2) is 9.50 Å². The zero-order chi connectivity index (χ0) is 17.4. The Hall–Kier alpha value is -3.41. The molecule has 25 heavy (non-hydrogen) atoms. The number of H-pyrrole nitrogens is 1. The summed E-state index contributed by atoms with van der Waals surface area (Å²) in [5, 5.41) is 3.15. The summed E-state index contributed by atoms with van der Waals surface area (Å²) in [4.78, 5) is 21.2. The zero-order valence-corrected chi connectivity index (χ0v) is 13.9. The number of pyridine rings is 1. The predicted molar refractivity (Wildman–Crippen MR) is 95.8 cm³/mol. The molecule has 0 saturated carbocycles. The second-order valence-corrected chi connectivity index (χ2v) is 5.72. The summed E-state index contributed by atoms with van der Waals surface area (Å²) in [6.45, 7) is 1.95. The van der Waals surface area contributed by atoms with Gasteiger partial charge >= 0.3 is 0 Å². The number of benzene rings is 1. The van der Waals surface area contributed by atoms with Gasteiger partial charge in [-0.3, -0.25) is 14.9 Å². The molecule has 4 rings (SSSR count). The standard InChI is InChI=1S/C19H16N4O2/c1-12-18(14-4-3-5-15(10-14)25-2)22-23-17(24)11-16(21-19(12)23)13-6-8-20-9-7-13/h3-11,22H,1-2H3. The Labute approximate surface area is 143 Å². The second kappa shape index (κ2) is 5.90. The molecule has 6 heteroatoms. The average molecular weight is 332 g/mol. The Kier molecular flexibility index (Phi) is 3.57. The lowest BCUT2D eigenvalue weighted by Crippen LogP contribution is -2.14. The fourth-order valence-electron chi connectivity index (χ4n) is 2.88. The molecule has 0 aliphatic heterocycles. The van der Waals surface area contributed by atoms with Crippen LogP contribution >= 0.6 is 0 Å². The minimum atomic E-state index is -0.158. The fraction of sp³-hybridized carbons (Fsp3) is 0.105. The van der Waals surface area contributed by atoms with Crippen LogP contribution in [0.3, 0.4) is 0 Å². The largest absolute Gasteiger partial charge is 0.497 e. The third-order valence-electron chi connectivity index (χ3n) is 4.19. The molecule has 0 atom stereocenters. The van der Waals surface area contributed by atoms with E-state index in [2.05, 4.69) is 15.1 Å². The van der Waals surface area contributed by atoms with Gasteiger partial charge in [-0.15, -0.1) is 0 Å². The number of hydrogen-bond donors (Lipinski definition) is 1. The van der Waals surface area contributed by atoms with Crippen molar-refractivity contribution in [2.24, 2.45) is 0 Å². The maximum Gasteiger partial charge on any atom is 0.273 e. The zero-order valence-electron chi connectivity index (χ0n) is 13.9. The smallest absolute Gasteiger partial charge is 0.273 e. The summed E-state index contributed by atoms with van der Waals surface area (Å²) in [6.07, 6.45) is 3.37. The number of nitrogens with one attached hydrogen (secondary N) is 1. The molecule has 0 saturated heterocycles. The first-order valence-corrected chi connectivity index (χ1v) is 7.84. The van der Waals surface area contributed by atoms with Crippen LogP contribution in [0.15, 0.2) is 59.7 Å². The Balaban J connectivity index is 1.93. The lowest BCUT2D eigenvalue weighted by atomic mass is 10.1. The summed E-state index contributed by atoms with van der Waals surface area (Å²) in [5.74, 6) is 0.758. The Morgan fingerprint density at radius 3 is 2.64 bits per heavy atom. The van der Waals surface area contributed by atoms with E-state index in [1.165, 1.54) is 10.6 Å². The highest BCUT2D eigenvalue weighted by Gasteiger charge is 2.14. The van der Waals surface area contributed by atoms with Crippen LogP contribution in [0.2, 0.25) is 0 Å². The molecule has 1 aromatic carbocycles. The number of methoxy groups -OCH3 is 1. The summed E-state index contributed by atoms with van der Waals surface area (Å²) in [6, 6.07) is 12.9. The van der Waals surface area contributed by atoms with E-state index in [1.54, 1.807) is 19.5 Å². The van der Waals surface area contributed by atoms with E-state index in [9.17, 15) is 4.79 Å². The first-order valence-electron chi connectivity index (χ1n) is 7.84. The number of rotatable bonds is 3. The van der Waals surface area contributed by atoms with Crippen molar-refractivity contribution in [1.29, 1.82) is 0 Å². The third-order valence-corrected chi connectivity index (χ3v) is 4.19. The number of hydrogen-bond acceptors (Lipinski definition) is 4. The molecule has 1 N–H and O–H groups in total. The highest BCUT2D eigenvalue weighted by Crippen LogP contribution is 2.27. The molecular formula is C19H16N4O2. The van der Waals surface area contributed by atoms with Gasteiger partial charge in [0.15, 0.2) is 5.65 Å². The van der Waals surface area contributed by atoms with E-state index in [-0.39, 0.29) is 5.56 Å². The van der Waals surface area contributed by atoms with E-state index < -0.39 is 0 Å². The van der Waals surface area contributed by atoms with Gasteiger partial charge in [0.25, 0.3) is 5.56 Å². The van der Waals surface area contributed by atoms with Crippen molar-refractivity contribution in [2.75, 3.05) is 7.11 Å². The molecule has 0 aliphatic carbocycles. The van der Waals surface area contributed by atoms with Gasteiger partial charge in [-0.1, -0.05) is 12.1 Å². The van der Waals surface area contributed by atoms with Gasteiger partial charge in [0.2, 0.25) is 0 Å². The van der Waals surface area contributed by atoms with Crippen molar-refractivity contribution in [1.82, 2.24) is 19.6 Å². The van der Waals surface area contributed by atoms with Crippen molar-refractivity contribution in [2.45, 2.75) is 6.92 Å². The number of aromatic nitrogens is 4. The van der Waals surface area contributed by atoms with E-state index in [1.807, 2.05) is 43.3 Å². The van der Waals surface area contributed by atoms with Crippen LogP contribution in [-0.4, -0.2) is 26.7 Å². The first kappa shape index (κ1) is 15.1. The van der Waals surface area contributed by atoms with Gasteiger partial charge in [-0.2, -0.15) is 0 Å². The fourth-order valence-corrected chi connectivity index (χ4v) is 2.88. The summed E-state index contributed by atoms with van der Waals surface area (Å²) >= 11 is 0. The van der Waals surface area contributed by atoms with E-state index in [0.29, 0.717) is 11.3 Å². The second-order valence-electron chi connectivity index (χ2n) is 5.72. The van der Waals surface area contributed by atoms with E-state index in [4.69, 9.17) is 4.74 Å². The Morgan fingerprint density at radius 2 is 1.88 bits per heavy atom. The third kappa shape index (κ3) is 2.57. The molecule has 124 valence electrons. The molecule has 0 spiro atoms. The van der Waals surface area contributed by atoms with Crippen molar-refractivity contribution >= 4 is 5.65 Å². The van der Waals surface area contributed by atoms with Crippen molar-refractivity contribution in [3.8, 4) is 28.3 Å². The average Bonchev–Trinajstić information content (AvgIpc) is 3.00. The molecule has 6 nitrogen and oxygen atoms in total. The lowest BCUT2D eigenvalue weighted by molar-refractivity contribution is 0.415. The topological polar surface area (TPSA) is 72.3 Å². The minimum absolute atomic E-state index is 0.158. The van der Waals surface area contributed by atoms with E-state index in [0.717, 1.165) is 28.1 Å². The van der Waals surface area contributed by atoms with Crippen molar-refractivity contribution in [3.05, 3.63) is 70.8 Å². The van der Waals surface area contributed by atoms with Crippen molar-refractivity contribution < 1.29 is 4.74 Å². The Morgan fingerprint density at radius 1 is 1.08 bits per heavy atom. The number of fused-ring (bicyclic) bond motifs is 1. The molecule has 0 radical (unpaired) electrons. The highest BCUT2D eigenvalue weighted by atomic mass is 16.5. The van der Waals surface area contributed by atoms with Crippen LogP contribution < -0.4 is 10.3 Å². The number of ether oxygens (including phenoxy) is 1. The highest BCUT2D eigenvalue weighted by molar-refractivity contribution is 5.72. The quantitative estimate of drug-likeness (QED) is 0.626. The number of nitrogens with zero attached hydrogens (tertiary/aromatic N) is 3. The van der Waals surface area contributed by atoms with Crippen LogP contribution in [0.1, 0.15) is 5.56 Å². The van der Waals surface area contributed by atoms with Crippen molar-refractivity contribution in [3.63, 3.8) is 0 Å². The van der Waals surface area contributed by atoms with Crippen LogP contribution in [0, 0.1) is 6.92 Å². The van der Waals surface area contributed by atoms with Gasteiger partial charge in [0.1, 0.15) is 5.75 Å². The first-order chi connectivity index (χ1) is 12.2. The monoisotopic (exact) mass is 332 g/mol. The minimum Gasteiger partial charge on any atom is -0.497 e. The van der Waals surface area contributed by atoms with Gasteiger partial charge < -0.3 is 4.74 Å². The molecule has 3 heterocycles. The molecule has 0 aliphatic rings. The predicted octanol–water partition coefficient (Wildman–Crippen LogP) is 3.07. The lowest BCUT2D eigenvalue weighted by Gasteiger charge is -2.03. The summed E-state index contributed by atoms with van der Waals surface area (Å²) in [7, 11) is 1.63. The molecule has 0 amide bonds. The number of aryl methyl sites for hydroxylation is 1. The normalized spacial score (nSPS) is 11.0. The molecule has 0 unspecified atom stereocenters. The van der Waals surface area contributed by atoms with Crippen LogP contribution in [0.4, 0.5) is 0 Å². The maximum atomic E-state index is 12.5. The van der Waals surface area contributed by atoms with Crippen LogP contribution in [0.5, 0.6) is 5.75 Å². The summed E-state index contributed by atoms with van der Waals surface area (Å²) < 4.78 is 6.75. The molecule has 0 bridgehead atoms. The van der Waals surface area contributed by atoms with Gasteiger partial charge in [-0.05, 0) is 31.2 Å². The molecule has 4 aromatic rings. The maximum absolute atomic E-state index is 12.5. The summed E-state index contributed by atoms with van der Waals surface area (Å²) in [5.41, 5.74) is 4.62. The molecule has 0 fully saturated rings. The molecule has 3 aromatic heterocycles. The Bertz CT molecular complexity index is 1110. The van der Waals surface area contributed by atoms with Gasteiger partial charge in [0, 0.05) is 35.2 Å². The number of aromatic amines is 1. The molecular weight excluding hydrogens is 316 g/mol.